The first-order valence-corrected chi connectivity index (χ1v) is 10.3. The van der Waals surface area contributed by atoms with Gasteiger partial charge in [-0.1, -0.05) is 25.1 Å². The van der Waals surface area contributed by atoms with E-state index in [0.717, 1.165) is 37.2 Å². The molecule has 2 N–H and O–H groups in total. The second kappa shape index (κ2) is 7.97. The molecule has 1 amide bonds. The molecule has 0 saturated carbocycles. The van der Waals surface area contributed by atoms with Crippen molar-refractivity contribution in [3.05, 3.63) is 53.3 Å². The zero-order valence-electron chi connectivity index (χ0n) is 16.9. The summed E-state index contributed by atoms with van der Waals surface area (Å²) in [5.41, 5.74) is 10.2. The molecule has 150 valence electrons. The summed E-state index contributed by atoms with van der Waals surface area (Å²) in [6.45, 7) is 8.54. The molecule has 3 heterocycles. The number of para-hydroxylation sites is 1. The summed E-state index contributed by atoms with van der Waals surface area (Å²) >= 11 is 0. The second-order valence-electron chi connectivity index (χ2n) is 7.61. The molecule has 6 heteroatoms. The van der Waals surface area contributed by atoms with Crippen molar-refractivity contribution in [2.75, 3.05) is 13.2 Å². The number of carbonyl (C=O) groups excluding carboxylic acids is 1. The van der Waals surface area contributed by atoms with Gasteiger partial charge >= 0.3 is 0 Å². The molecule has 2 aliphatic rings. The Labute approximate surface area is 166 Å². The molecule has 28 heavy (non-hydrogen) atoms. The van der Waals surface area contributed by atoms with Gasteiger partial charge in [-0.25, -0.2) is 10.9 Å². The molecular weight excluding hydrogens is 352 g/mol. The first-order valence-electron chi connectivity index (χ1n) is 10.3. The minimum absolute atomic E-state index is 0.0627. The van der Waals surface area contributed by atoms with Gasteiger partial charge in [0.25, 0.3) is 0 Å². The molecule has 4 rings (SSSR count). The van der Waals surface area contributed by atoms with Crippen LogP contribution in [0.1, 0.15) is 55.7 Å². The van der Waals surface area contributed by atoms with Crippen LogP contribution in [0.25, 0.3) is 0 Å². The quantitative estimate of drug-likeness (QED) is 0.834. The number of ether oxygens (including phenoxy) is 1. The van der Waals surface area contributed by atoms with Crippen LogP contribution in [0.5, 0.6) is 5.75 Å². The van der Waals surface area contributed by atoms with E-state index in [1.165, 1.54) is 11.4 Å². The molecule has 2 aliphatic heterocycles. The maximum atomic E-state index is 13.4. The first-order chi connectivity index (χ1) is 13.6. The van der Waals surface area contributed by atoms with Crippen molar-refractivity contribution >= 4 is 5.91 Å². The number of carbonyl (C=O) groups is 1. The van der Waals surface area contributed by atoms with E-state index >= 15 is 0 Å². The normalized spacial score (nSPS) is 24.2. The van der Waals surface area contributed by atoms with Crippen LogP contribution < -0.4 is 15.6 Å². The number of nitrogens with one attached hydrogen (secondary N) is 2. The van der Waals surface area contributed by atoms with E-state index in [1.54, 1.807) is 0 Å². The molecule has 3 atom stereocenters. The summed E-state index contributed by atoms with van der Waals surface area (Å²) in [5, 5.41) is 0. The number of hydrazine groups is 1. The lowest BCUT2D eigenvalue weighted by molar-refractivity contribution is -0.137. The summed E-state index contributed by atoms with van der Waals surface area (Å²) in [5.74, 6) is 1.07. The Bertz CT molecular complexity index is 847. The molecule has 6 nitrogen and oxygen atoms in total. The van der Waals surface area contributed by atoms with Gasteiger partial charge in [-0.2, -0.15) is 0 Å². The van der Waals surface area contributed by atoms with Crippen LogP contribution in [0.4, 0.5) is 0 Å². The lowest BCUT2D eigenvalue weighted by Crippen LogP contribution is -2.50. The molecule has 1 aromatic heterocycles. The zero-order chi connectivity index (χ0) is 19.7. The number of rotatable bonds is 5. The number of fused-ring (bicyclic) bond motifs is 1. The topological polar surface area (TPSA) is 58.5 Å². The highest BCUT2D eigenvalue weighted by Crippen LogP contribution is 2.34. The van der Waals surface area contributed by atoms with Gasteiger partial charge in [0.15, 0.2) is 0 Å². The Morgan fingerprint density at radius 3 is 2.75 bits per heavy atom. The van der Waals surface area contributed by atoms with Gasteiger partial charge in [0, 0.05) is 30.0 Å². The Kier molecular flexibility index (Phi) is 5.42. The van der Waals surface area contributed by atoms with Crippen molar-refractivity contribution in [3.63, 3.8) is 0 Å². The van der Waals surface area contributed by atoms with E-state index < -0.39 is 0 Å². The Morgan fingerprint density at radius 2 is 1.96 bits per heavy atom. The standard InChI is InChI=1S/C22H30N4O2/c1-4-19-20-11-10-15(3)25(20)12-13-26(19)22(27)18-14-17(23-24-18)16-8-6-7-9-21(16)28-5-2/h6-11,17-19,23-24H,4-5,12-14H2,1-3H3. The van der Waals surface area contributed by atoms with Gasteiger partial charge < -0.3 is 14.2 Å². The second-order valence-corrected chi connectivity index (χ2v) is 7.61. The van der Waals surface area contributed by atoms with E-state index in [2.05, 4.69) is 52.4 Å². The SMILES string of the molecule is CCOc1ccccc1C1CC(C(=O)N2CCn3c(C)ccc3C2CC)NN1. The van der Waals surface area contributed by atoms with E-state index in [-0.39, 0.29) is 24.0 Å². The van der Waals surface area contributed by atoms with Crippen molar-refractivity contribution in [2.24, 2.45) is 0 Å². The molecule has 2 aromatic rings. The van der Waals surface area contributed by atoms with Gasteiger partial charge in [0.05, 0.1) is 18.7 Å². The summed E-state index contributed by atoms with van der Waals surface area (Å²) in [4.78, 5) is 15.4. The molecule has 1 saturated heterocycles. The summed E-state index contributed by atoms with van der Waals surface area (Å²) in [6.07, 6.45) is 1.64. The van der Waals surface area contributed by atoms with Gasteiger partial charge in [0.1, 0.15) is 11.8 Å². The summed E-state index contributed by atoms with van der Waals surface area (Å²) in [6, 6.07) is 12.4. The van der Waals surface area contributed by atoms with Crippen LogP contribution in [0.3, 0.4) is 0 Å². The van der Waals surface area contributed by atoms with Crippen molar-refractivity contribution in [2.45, 2.75) is 58.3 Å². The van der Waals surface area contributed by atoms with E-state index in [0.29, 0.717) is 6.61 Å². The average molecular weight is 383 g/mol. The van der Waals surface area contributed by atoms with Crippen LogP contribution in [0.2, 0.25) is 0 Å². The third-order valence-corrected chi connectivity index (χ3v) is 5.98. The summed E-state index contributed by atoms with van der Waals surface area (Å²) in [7, 11) is 0. The predicted octanol–water partition coefficient (Wildman–Crippen LogP) is 3.10. The first kappa shape index (κ1) is 19.0. The van der Waals surface area contributed by atoms with E-state index in [4.69, 9.17) is 4.74 Å². The van der Waals surface area contributed by atoms with Gasteiger partial charge in [-0.15, -0.1) is 0 Å². The van der Waals surface area contributed by atoms with Crippen LogP contribution in [-0.4, -0.2) is 34.6 Å². The third kappa shape index (κ3) is 3.31. The number of aryl methyl sites for hydroxylation is 1. The third-order valence-electron chi connectivity index (χ3n) is 5.98. The minimum Gasteiger partial charge on any atom is -0.494 e. The molecule has 3 unspecified atom stereocenters. The van der Waals surface area contributed by atoms with Crippen LogP contribution in [-0.2, 0) is 11.3 Å². The lowest BCUT2D eigenvalue weighted by Gasteiger charge is -2.38. The molecular formula is C22H30N4O2. The number of hydrogen-bond acceptors (Lipinski definition) is 4. The van der Waals surface area contributed by atoms with Crippen LogP contribution in [0.15, 0.2) is 36.4 Å². The zero-order valence-corrected chi connectivity index (χ0v) is 16.9. The van der Waals surface area contributed by atoms with Gasteiger partial charge in [-0.3, -0.25) is 4.79 Å². The number of aromatic nitrogens is 1. The molecule has 0 radical (unpaired) electrons. The van der Waals surface area contributed by atoms with Crippen LogP contribution in [0, 0.1) is 6.92 Å². The monoisotopic (exact) mass is 382 g/mol. The Morgan fingerprint density at radius 1 is 1.14 bits per heavy atom. The van der Waals surface area contributed by atoms with Crippen molar-refractivity contribution in [3.8, 4) is 5.75 Å². The average Bonchev–Trinajstić information content (AvgIpc) is 3.35. The van der Waals surface area contributed by atoms with Gasteiger partial charge in [0.2, 0.25) is 5.91 Å². The number of amides is 1. The fourth-order valence-electron chi connectivity index (χ4n) is 4.58. The maximum absolute atomic E-state index is 13.4. The highest BCUT2D eigenvalue weighted by atomic mass is 16.5. The fraction of sp³-hybridized carbons (Fsp3) is 0.500. The van der Waals surface area contributed by atoms with Crippen molar-refractivity contribution in [1.82, 2.24) is 20.3 Å². The molecule has 1 fully saturated rings. The minimum atomic E-state index is -0.226. The number of nitrogens with zero attached hydrogens (tertiary/aromatic N) is 2. The molecule has 0 spiro atoms. The molecule has 1 aromatic carbocycles. The Hall–Kier alpha value is -2.31. The van der Waals surface area contributed by atoms with Crippen molar-refractivity contribution in [1.29, 1.82) is 0 Å². The number of benzene rings is 1. The number of hydrogen-bond donors (Lipinski definition) is 2. The molecule has 0 aliphatic carbocycles. The largest absolute Gasteiger partial charge is 0.494 e. The smallest absolute Gasteiger partial charge is 0.241 e. The van der Waals surface area contributed by atoms with Crippen molar-refractivity contribution < 1.29 is 9.53 Å². The van der Waals surface area contributed by atoms with E-state index in [9.17, 15) is 4.79 Å². The van der Waals surface area contributed by atoms with Crippen LogP contribution >= 0.6 is 0 Å². The summed E-state index contributed by atoms with van der Waals surface area (Å²) < 4.78 is 8.12. The van der Waals surface area contributed by atoms with E-state index in [1.807, 2.05) is 25.1 Å². The molecule has 0 bridgehead atoms. The fourth-order valence-corrected chi connectivity index (χ4v) is 4.58. The highest BCUT2D eigenvalue weighted by molar-refractivity contribution is 5.83. The van der Waals surface area contributed by atoms with Gasteiger partial charge in [-0.05, 0) is 44.9 Å². The predicted molar refractivity (Wildman–Crippen MR) is 109 cm³/mol. The Balaban J connectivity index is 1.49. The maximum Gasteiger partial charge on any atom is 0.241 e. The lowest BCUT2D eigenvalue weighted by atomic mass is 9.99. The highest BCUT2D eigenvalue weighted by Gasteiger charge is 2.38.